The molecule has 6 heteroatoms. The van der Waals surface area contributed by atoms with E-state index < -0.39 is 0 Å². The van der Waals surface area contributed by atoms with Crippen LogP contribution >= 0.6 is 12.2 Å². The molecule has 0 unspecified atom stereocenters. The van der Waals surface area contributed by atoms with Crippen LogP contribution in [0.1, 0.15) is 37.1 Å². The van der Waals surface area contributed by atoms with Gasteiger partial charge in [0.15, 0.2) is 5.11 Å². The topological polar surface area (TPSA) is 53.1 Å². The van der Waals surface area contributed by atoms with E-state index in [2.05, 4.69) is 44.6 Å². The van der Waals surface area contributed by atoms with Gasteiger partial charge in [0.2, 0.25) is 5.95 Å². The van der Waals surface area contributed by atoms with Gasteiger partial charge in [0.25, 0.3) is 0 Å². The van der Waals surface area contributed by atoms with Gasteiger partial charge in [-0.25, -0.2) is 4.98 Å². The van der Waals surface area contributed by atoms with Gasteiger partial charge in [-0.05, 0) is 44.5 Å². The highest BCUT2D eigenvalue weighted by molar-refractivity contribution is 7.80. The van der Waals surface area contributed by atoms with E-state index >= 15 is 0 Å². The summed E-state index contributed by atoms with van der Waals surface area (Å²) in [6, 6.07) is 12.4. The number of aryl methyl sites for hydroxylation is 1. The number of rotatable bonds is 4. The van der Waals surface area contributed by atoms with E-state index in [4.69, 9.17) is 12.2 Å². The minimum absolute atomic E-state index is 0.120. The lowest BCUT2D eigenvalue weighted by atomic mass is 10.1. The number of nitrogens with zero attached hydrogens (tertiary/aromatic N) is 3. The molecule has 2 aromatic rings. The Hall–Kier alpha value is -2.21. The van der Waals surface area contributed by atoms with Crippen LogP contribution in [0.4, 0.5) is 11.8 Å². The molecule has 1 atom stereocenters. The Morgan fingerprint density at radius 1 is 1.17 bits per heavy atom. The summed E-state index contributed by atoms with van der Waals surface area (Å²) in [4.78, 5) is 11.4. The van der Waals surface area contributed by atoms with Crippen molar-refractivity contribution in [1.82, 2.24) is 15.3 Å². The number of aromatic nitrogens is 2. The molecule has 2 heterocycles. The lowest BCUT2D eigenvalue weighted by Gasteiger charge is -2.19. The second-order valence-corrected chi connectivity index (χ2v) is 6.52. The first kappa shape index (κ1) is 16.6. The molecule has 1 aliphatic heterocycles. The van der Waals surface area contributed by atoms with E-state index in [9.17, 15) is 0 Å². The van der Waals surface area contributed by atoms with Crippen LogP contribution in [0.3, 0.4) is 0 Å². The molecule has 0 spiro atoms. The third-order valence-electron chi connectivity index (χ3n) is 4.14. The predicted octanol–water partition coefficient (Wildman–Crippen LogP) is 3.43. The summed E-state index contributed by atoms with van der Waals surface area (Å²) in [5, 5.41) is 6.93. The standard InChI is InChI=1S/C18H23N5S/c1-13-12-16(23-10-6-7-11-23)21-17(19-13)22-18(24)20-14(2)15-8-4-3-5-9-15/h3-5,8-9,12,14H,6-7,10-11H2,1-2H3,(H2,19,20,21,22,24)/t14-/m0/s1. The smallest absolute Gasteiger partial charge is 0.231 e. The highest BCUT2D eigenvalue weighted by Crippen LogP contribution is 2.20. The first-order valence-corrected chi connectivity index (χ1v) is 8.76. The summed E-state index contributed by atoms with van der Waals surface area (Å²) in [5.74, 6) is 1.52. The number of anilines is 2. The van der Waals surface area contributed by atoms with Gasteiger partial charge in [-0.15, -0.1) is 0 Å². The summed E-state index contributed by atoms with van der Waals surface area (Å²) >= 11 is 5.42. The Kier molecular flexibility index (Phi) is 5.25. The largest absolute Gasteiger partial charge is 0.356 e. The quantitative estimate of drug-likeness (QED) is 0.831. The summed E-state index contributed by atoms with van der Waals surface area (Å²) < 4.78 is 0. The third-order valence-corrected chi connectivity index (χ3v) is 4.36. The fourth-order valence-corrected chi connectivity index (χ4v) is 3.14. The van der Waals surface area contributed by atoms with Crippen LogP contribution in [0.2, 0.25) is 0 Å². The molecule has 126 valence electrons. The van der Waals surface area contributed by atoms with Gasteiger partial charge < -0.3 is 15.5 Å². The minimum Gasteiger partial charge on any atom is -0.356 e. The maximum atomic E-state index is 5.42. The van der Waals surface area contributed by atoms with Crippen LogP contribution in [0.25, 0.3) is 0 Å². The van der Waals surface area contributed by atoms with Gasteiger partial charge in [-0.2, -0.15) is 4.98 Å². The van der Waals surface area contributed by atoms with Crippen molar-refractivity contribution in [3.63, 3.8) is 0 Å². The lowest BCUT2D eigenvalue weighted by Crippen LogP contribution is -2.32. The number of hydrogen-bond donors (Lipinski definition) is 2. The highest BCUT2D eigenvalue weighted by Gasteiger charge is 2.15. The van der Waals surface area contributed by atoms with Gasteiger partial charge in [0.05, 0.1) is 6.04 Å². The molecule has 1 aromatic carbocycles. The third kappa shape index (κ3) is 4.20. The van der Waals surface area contributed by atoms with Gasteiger partial charge in [0.1, 0.15) is 5.82 Å². The van der Waals surface area contributed by atoms with Crippen molar-refractivity contribution in [2.75, 3.05) is 23.3 Å². The van der Waals surface area contributed by atoms with E-state index in [1.165, 1.54) is 18.4 Å². The molecule has 0 bridgehead atoms. The zero-order chi connectivity index (χ0) is 16.9. The molecule has 3 rings (SSSR count). The zero-order valence-corrected chi connectivity index (χ0v) is 14.9. The van der Waals surface area contributed by atoms with Crippen molar-refractivity contribution >= 4 is 29.1 Å². The maximum Gasteiger partial charge on any atom is 0.231 e. The van der Waals surface area contributed by atoms with Crippen molar-refractivity contribution in [3.8, 4) is 0 Å². The van der Waals surface area contributed by atoms with Crippen LogP contribution < -0.4 is 15.5 Å². The Bertz CT molecular complexity index is 698. The number of benzene rings is 1. The van der Waals surface area contributed by atoms with E-state index in [-0.39, 0.29) is 6.04 Å². The van der Waals surface area contributed by atoms with Crippen LogP contribution in [0.5, 0.6) is 0 Å². The molecule has 5 nitrogen and oxygen atoms in total. The SMILES string of the molecule is Cc1cc(N2CCCC2)nc(NC(=S)N[C@@H](C)c2ccccc2)n1. The molecule has 1 fully saturated rings. The zero-order valence-electron chi connectivity index (χ0n) is 14.1. The molecular weight excluding hydrogens is 318 g/mol. The second-order valence-electron chi connectivity index (χ2n) is 6.12. The van der Waals surface area contributed by atoms with Crippen molar-refractivity contribution in [3.05, 3.63) is 47.7 Å². The Balaban J connectivity index is 1.65. The van der Waals surface area contributed by atoms with Gasteiger partial charge in [-0.1, -0.05) is 30.3 Å². The second kappa shape index (κ2) is 7.57. The van der Waals surface area contributed by atoms with Crippen molar-refractivity contribution in [1.29, 1.82) is 0 Å². The molecule has 2 N–H and O–H groups in total. The molecule has 0 saturated carbocycles. The first-order valence-electron chi connectivity index (χ1n) is 8.35. The molecule has 0 radical (unpaired) electrons. The number of hydrogen-bond acceptors (Lipinski definition) is 4. The fraction of sp³-hybridized carbons (Fsp3) is 0.389. The first-order chi connectivity index (χ1) is 11.6. The molecule has 1 saturated heterocycles. The Labute approximate surface area is 148 Å². The van der Waals surface area contributed by atoms with Crippen LogP contribution in [-0.2, 0) is 0 Å². The maximum absolute atomic E-state index is 5.42. The Morgan fingerprint density at radius 3 is 2.58 bits per heavy atom. The highest BCUT2D eigenvalue weighted by atomic mass is 32.1. The predicted molar refractivity (Wildman–Crippen MR) is 102 cm³/mol. The molecule has 1 aromatic heterocycles. The van der Waals surface area contributed by atoms with Crippen LogP contribution in [0, 0.1) is 6.92 Å². The molecule has 1 aliphatic rings. The van der Waals surface area contributed by atoms with Crippen molar-refractivity contribution < 1.29 is 0 Å². The van der Waals surface area contributed by atoms with Gasteiger partial charge in [0, 0.05) is 24.8 Å². The van der Waals surface area contributed by atoms with E-state index in [0.29, 0.717) is 11.1 Å². The molecule has 0 aliphatic carbocycles. The van der Waals surface area contributed by atoms with Crippen molar-refractivity contribution in [2.24, 2.45) is 0 Å². The Morgan fingerprint density at radius 2 is 1.88 bits per heavy atom. The monoisotopic (exact) mass is 341 g/mol. The van der Waals surface area contributed by atoms with Crippen molar-refractivity contribution in [2.45, 2.75) is 32.7 Å². The van der Waals surface area contributed by atoms with Crippen LogP contribution in [-0.4, -0.2) is 28.2 Å². The van der Waals surface area contributed by atoms with Gasteiger partial charge >= 0.3 is 0 Å². The summed E-state index contributed by atoms with van der Waals surface area (Å²) in [6.07, 6.45) is 2.45. The average molecular weight is 341 g/mol. The van der Waals surface area contributed by atoms with E-state index in [0.717, 1.165) is 24.6 Å². The normalized spacial score (nSPS) is 15.2. The van der Waals surface area contributed by atoms with E-state index in [1.807, 2.05) is 31.2 Å². The summed E-state index contributed by atoms with van der Waals surface area (Å²) in [6.45, 7) is 6.18. The number of thiocarbonyl (C=S) groups is 1. The number of nitrogens with one attached hydrogen (secondary N) is 2. The minimum atomic E-state index is 0.120. The molecule has 0 amide bonds. The van der Waals surface area contributed by atoms with Gasteiger partial charge in [-0.3, -0.25) is 0 Å². The average Bonchev–Trinajstić information content (AvgIpc) is 3.09. The van der Waals surface area contributed by atoms with Crippen LogP contribution in [0.15, 0.2) is 36.4 Å². The fourth-order valence-electron chi connectivity index (χ4n) is 2.88. The summed E-state index contributed by atoms with van der Waals surface area (Å²) in [5.41, 5.74) is 2.12. The molecule has 24 heavy (non-hydrogen) atoms. The summed E-state index contributed by atoms with van der Waals surface area (Å²) in [7, 11) is 0. The molecular formula is C18H23N5S. The van der Waals surface area contributed by atoms with E-state index in [1.54, 1.807) is 0 Å². The lowest BCUT2D eigenvalue weighted by molar-refractivity contribution is 0.722.